The van der Waals surface area contributed by atoms with Crippen molar-refractivity contribution in [2.45, 2.75) is 33.2 Å². The van der Waals surface area contributed by atoms with E-state index in [9.17, 15) is 23.2 Å². The van der Waals surface area contributed by atoms with E-state index in [-0.39, 0.29) is 34.5 Å². The first-order valence-electron chi connectivity index (χ1n) is 8.41. The van der Waals surface area contributed by atoms with E-state index in [0.29, 0.717) is 12.1 Å². The van der Waals surface area contributed by atoms with Gasteiger partial charge in [0.25, 0.3) is 11.7 Å². The van der Waals surface area contributed by atoms with Gasteiger partial charge >= 0.3 is 5.97 Å². The van der Waals surface area contributed by atoms with E-state index in [2.05, 4.69) is 5.32 Å². The van der Waals surface area contributed by atoms with Crippen LogP contribution in [0.25, 0.3) is 0 Å². The second-order valence-corrected chi connectivity index (χ2v) is 6.80. The first kappa shape index (κ1) is 18.8. The summed E-state index contributed by atoms with van der Waals surface area (Å²) in [6.07, 6.45) is 0.467. The van der Waals surface area contributed by atoms with Crippen molar-refractivity contribution in [2.24, 2.45) is 5.92 Å². The van der Waals surface area contributed by atoms with Crippen LogP contribution in [0.1, 0.15) is 52.0 Å². The zero-order valence-corrected chi connectivity index (χ0v) is 15.0. The number of rotatable bonds is 4. The zero-order chi connectivity index (χ0) is 20.0. The van der Waals surface area contributed by atoms with E-state index >= 15 is 0 Å². The average molecular weight is 376 g/mol. The van der Waals surface area contributed by atoms with Crippen LogP contribution >= 0.6 is 0 Å². The molecule has 0 fully saturated rings. The molecule has 6 nitrogen and oxygen atoms in total. The standard InChI is InChI=1S/C19H18F2N2O4/c1-8-6-14-15(17(24)19(26)27)9(2)16(23(14)10(8)3)18(25)22-11-4-5-12(20)13(21)7-11/h4-5,7-8,10H,6H2,1-3H3,(H,22,25)(H,26,27)/t8?,10-/m1/s1. The molecule has 1 unspecified atom stereocenters. The summed E-state index contributed by atoms with van der Waals surface area (Å²) in [6, 6.07) is 2.84. The summed E-state index contributed by atoms with van der Waals surface area (Å²) in [5.74, 6) is -5.31. The van der Waals surface area contributed by atoms with Gasteiger partial charge in [-0.2, -0.15) is 0 Å². The number of ketones is 1. The summed E-state index contributed by atoms with van der Waals surface area (Å²) in [7, 11) is 0. The Kier molecular flexibility index (Phi) is 4.59. The number of carboxylic acid groups (broad SMARTS) is 1. The molecule has 2 atom stereocenters. The lowest BCUT2D eigenvalue weighted by atomic mass is 9.97. The average Bonchev–Trinajstić information content (AvgIpc) is 3.03. The number of nitrogens with zero attached hydrogens (tertiary/aromatic N) is 1. The number of carboxylic acids is 1. The number of hydrogen-bond acceptors (Lipinski definition) is 3. The quantitative estimate of drug-likeness (QED) is 0.633. The van der Waals surface area contributed by atoms with Gasteiger partial charge in [0, 0.05) is 23.5 Å². The number of benzene rings is 1. The number of hydrogen-bond donors (Lipinski definition) is 2. The molecule has 0 bridgehead atoms. The van der Waals surface area contributed by atoms with E-state index in [4.69, 9.17) is 5.11 Å². The third-order valence-electron chi connectivity index (χ3n) is 5.11. The molecule has 27 heavy (non-hydrogen) atoms. The maximum atomic E-state index is 13.4. The van der Waals surface area contributed by atoms with Crippen LogP contribution in [-0.4, -0.2) is 27.3 Å². The van der Waals surface area contributed by atoms with Gasteiger partial charge in [0.05, 0.1) is 5.56 Å². The Balaban J connectivity index is 2.08. The van der Waals surface area contributed by atoms with Crippen molar-refractivity contribution in [3.63, 3.8) is 0 Å². The first-order chi connectivity index (χ1) is 12.6. The van der Waals surface area contributed by atoms with Crippen LogP contribution < -0.4 is 5.32 Å². The molecule has 2 aromatic rings. The zero-order valence-electron chi connectivity index (χ0n) is 15.0. The molecular formula is C19H18F2N2O4. The highest BCUT2D eigenvalue weighted by Gasteiger charge is 2.38. The van der Waals surface area contributed by atoms with E-state index < -0.39 is 29.3 Å². The molecule has 142 valence electrons. The molecular weight excluding hydrogens is 358 g/mol. The molecule has 0 aliphatic carbocycles. The lowest BCUT2D eigenvalue weighted by molar-refractivity contribution is -0.131. The predicted octanol–water partition coefficient (Wildman–Crippen LogP) is 3.35. The topological polar surface area (TPSA) is 88.4 Å². The molecule has 2 heterocycles. The fourth-order valence-corrected chi connectivity index (χ4v) is 3.60. The maximum Gasteiger partial charge on any atom is 0.377 e. The third-order valence-corrected chi connectivity index (χ3v) is 5.11. The van der Waals surface area contributed by atoms with Gasteiger partial charge in [-0.05, 0) is 43.9 Å². The minimum Gasteiger partial charge on any atom is -0.475 e. The molecule has 2 N–H and O–H groups in total. The number of fused-ring (bicyclic) bond motifs is 1. The van der Waals surface area contributed by atoms with Crippen molar-refractivity contribution >= 4 is 23.3 Å². The molecule has 0 saturated heterocycles. The monoisotopic (exact) mass is 376 g/mol. The van der Waals surface area contributed by atoms with Crippen molar-refractivity contribution < 1.29 is 28.3 Å². The van der Waals surface area contributed by atoms with Crippen LogP contribution in [-0.2, 0) is 11.2 Å². The molecule has 1 aromatic carbocycles. The summed E-state index contributed by atoms with van der Waals surface area (Å²) in [6.45, 7) is 5.34. The van der Waals surface area contributed by atoms with Crippen LogP contribution in [0.3, 0.4) is 0 Å². The fraction of sp³-hybridized carbons (Fsp3) is 0.316. The number of aromatic nitrogens is 1. The van der Waals surface area contributed by atoms with E-state index in [0.717, 1.165) is 12.1 Å². The van der Waals surface area contributed by atoms with Crippen molar-refractivity contribution in [3.05, 3.63) is 52.3 Å². The van der Waals surface area contributed by atoms with Crippen LogP contribution in [0.5, 0.6) is 0 Å². The van der Waals surface area contributed by atoms with Crippen molar-refractivity contribution in [1.82, 2.24) is 4.57 Å². The summed E-state index contributed by atoms with van der Waals surface area (Å²) in [5.41, 5.74) is 0.996. The molecule has 1 amide bonds. The molecule has 0 spiro atoms. The molecule has 1 aliphatic heterocycles. The normalized spacial score (nSPS) is 18.3. The van der Waals surface area contributed by atoms with Gasteiger partial charge in [-0.1, -0.05) is 6.92 Å². The van der Waals surface area contributed by atoms with Gasteiger partial charge in [0.15, 0.2) is 11.6 Å². The number of aliphatic carboxylic acids is 1. The van der Waals surface area contributed by atoms with Gasteiger partial charge < -0.3 is 15.0 Å². The van der Waals surface area contributed by atoms with Gasteiger partial charge in [0.2, 0.25) is 0 Å². The molecule has 3 rings (SSSR count). The Labute approximate surface area is 153 Å². The second kappa shape index (κ2) is 6.61. The highest BCUT2D eigenvalue weighted by Crippen LogP contribution is 2.39. The van der Waals surface area contributed by atoms with Crippen LogP contribution in [0.2, 0.25) is 0 Å². The predicted molar refractivity (Wildman–Crippen MR) is 93.0 cm³/mol. The summed E-state index contributed by atoms with van der Waals surface area (Å²) < 4.78 is 28.2. The number of nitrogens with one attached hydrogen (secondary N) is 1. The summed E-state index contributed by atoms with van der Waals surface area (Å²) >= 11 is 0. The number of carbonyl (C=O) groups excluding carboxylic acids is 2. The fourth-order valence-electron chi connectivity index (χ4n) is 3.60. The van der Waals surface area contributed by atoms with E-state index in [1.165, 1.54) is 13.0 Å². The highest BCUT2D eigenvalue weighted by molar-refractivity contribution is 6.41. The third kappa shape index (κ3) is 3.01. The van der Waals surface area contributed by atoms with E-state index in [1.807, 2.05) is 13.8 Å². The SMILES string of the molecule is Cc1c(C(=O)C(=O)O)c2n(c1C(=O)Nc1ccc(F)c(F)c1)[C@H](C)C(C)C2. The van der Waals surface area contributed by atoms with Gasteiger partial charge in [0.1, 0.15) is 5.69 Å². The Hall–Kier alpha value is -3.03. The van der Waals surface area contributed by atoms with Crippen LogP contribution in [0.15, 0.2) is 18.2 Å². The van der Waals surface area contributed by atoms with Crippen LogP contribution in [0, 0.1) is 24.5 Å². The van der Waals surface area contributed by atoms with Crippen molar-refractivity contribution in [1.29, 1.82) is 0 Å². The minimum absolute atomic E-state index is 0.0223. The van der Waals surface area contributed by atoms with Crippen LogP contribution in [0.4, 0.5) is 14.5 Å². The number of Topliss-reactive ketones (excluding diaryl/α,β-unsaturated/α-hetero) is 1. The summed E-state index contributed by atoms with van der Waals surface area (Å²) in [4.78, 5) is 36.2. The number of amides is 1. The smallest absolute Gasteiger partial charge is 0.377 e. The Morgan fingerprint density at radius 2 is 1.85 bits per heavy atom. The maximum absolute atomic E-state index is 13.4. The lowest BCUT2D eigenvalue weighted by Crippen LogP contribution is -2.20. The Bertz CT molecular complexity index is 981. The second-order valence-electron chi connectivity index (χ2n) is 6.80. The largest absolute Gasteiger partial charge is 0.475 e. The van der Waals surface area contributed by atoms with Crippen molar-refractivity contribution in [3.8, 4) is 0 Å². The van der Waals surface area contributed by atoms with E-state index in [1.54, 1.807) is 4.57 Å². The molecule has 1 aliphatic rings. The summed E-state index contributed by atoms with van der Waals surface area (Å²) in [5, 5.41) is 11.6. The number of halogens is 2. The molecule has 0 radical (unpaired) electrons. The molecule has 1 aromatic heterocycles. The highest BCUT2D eigenvalue weighted by atomic mass is 19.2. The minimum atomic E-state index is -1.59. The van der Waals surface area contributed by atoms with Gasteiger partial charge in [-0.25, -0.2) is 13.6 Å². The lowest BCUT2D eigenvalue weighted by Gasteiger charge is -2.16. The Morgan fingerprint density at radius 1 is 1.19 bits per heavy atom. The number of anilines is 1. The van der Waals surface area contributed by atoms with Gasteiger partial charge in [-0.3, -0.25) is 9.59 Å². The first-order valence-corrected chi connectivity index (χ1v) is 8.41. The Morgan fingerprint density at radius 3 is 2.44 bits per heavy atom. The molecule has 0 saturated carbocycles. The molecule has 8 heteroatoms. The van der Waals surface area contributed by atoms with Gasteiger partial charge in [-0.15, -0.1) is 0 Å². The van der Waals surface area contributed by atoms with Crippen molar-refractivity contribution in [2.75, 3.05) is 5.32 Å². The number of carbonyl (C=O) groups is 3.